The fraction of sp³-hybridized carbons (Fsp3) is 0.562. The van der Waals surface area contributed by atoms with E-state index in [1.54, 1.807) is 0 Å². The van der Waals surface area contributed by atoms with Gasteiger partial charge in [0.2, 0.25) is 5.91 Å². The Morgan fingerprint density at radius 2 is 2.23 bits per heavy atom. The lowest BCUT2D eigenvalue weighted by atomic mass is 10.1. The van der Waals surface area contributed by atoms with Crippen LogP contribution in [0, 0.1) is 0 Å². The third kappa shape index (κ3) is 3.28. The maximum absolute atomic E-state index is 12.6. The molecule has 2 atom stereocenters. The molecule has 0 radical (unpaired) electrons. The molecule has 4 nitrogen and oxygen atoms in total. The molecular formula is C16H20F2N2O2. The molecule has 1 aliphatic heterocycles. The number of hydrogen-bond acceptors (Lipinski definition) is 3. The molecule has 22 heavy (non-hydrogen) atoms. The molecule has 120 valence electrons. The first-order valence-corrected chi connectivity index (χ1v) is 7.63. The van der Waals surface area contributed by atoms with Crippen LogP contribution in [0.2, 0.25) is 0 Å². The predicted octanol–water partition coefficient (Wildman–Crippen LogP) is 1.76. The zero-order chi connectivity index (χ0) is 15.5. The first-order chi connectivity index (χ1) is 10.6. The lowest BCUT2D eigenvalue weighted by Gasteiger charge is -2.34. The number of carbonyl (C=O) groups is 1. The number of halogens is 2. The summed E-state index contributed by atoms with van der Waals surface area (Å²) in [6.45, 7) is 0.544. The van der Waals surface area contributed by atoms with Crippen LogP contribution in [-0.2, 0) is 16.0 Å². The van der Waals surface area contributed by atoms with E-state index in [2.05, 4.69) is 11.4 Å². The average molecular weight is 310 g/mol. The highest BCUT2D eigenvalue weighted by Gasteiger charge is 2.33. The molecule has 1 heterocycles. The van der Waals surface area contributed by atoms with Gasteiger partial charge < -0.3 is 10.1 Å². The van der Waals surface area contributed by atoms with Gasteiger partial charge in [0.25, 0.3) is 6.43 Å². The Morgan fingerprint density at radius 1 is 1.41 bits per heavy atom. The number of aryl methyl sites for hydroxylation is 1. The molecule has 1 N–H and O–H groups in total. The van der Waals surface area contributed by atoms with Crippen LogP contribution in [0.4, 0.5) is 8.78 Å². The topological polar surface area (TPSA) is 41.6 Å². The molecule has 1 aromatic carbocycles. The van der Waals surface area contributed by atoms with E-state index in [-0.39, 0.29) is 25.1 Å². The number of fused-ring (bicyclic) bond motifs is 1. The molecule has 0 aromatic heterocycles. The van der Waals surface area contributed by atoms with E-state index in [4.69, 9.17) is 4.74 Å². The van der Waals surface area contributed by atoms with E-state index in [0.717, 1.165) is 18.4 Å². The Morgan fingerprint density at radius 3 is 3.05 bits per heavy atom. The van der Waals surface area contributed by atoms with Crippen LogP contribution < -0.4 is 5.32 Å². The minimum atomic E-state index is -2.44. The molecule has 0 bridgehead atoms. The van der Waals surface area contributed by atoms with Crippen LogP contribution in [0.15, 0.2) is 24.3 Å². The lowest BCUT2D eigenvalue weighted by molar-refractivity contribution is -0.134. The SMILES string of the molecule is O=C(N[C@@H]1CCc2ccccc21)C1COCCN1CC(F)F. The van der Waals surface area contributed by atoms with Crippen LogP contribution in [-0.4, -0.2) is 49.6 Å². The third-order valence-corrected chi connectivity index (χ3v) is 4.36. The second kappa shape index (κ2) is 6.71. The molecule has 1 unspecified atom stereocenters. The molecule has 2 aliphatic rings. The second-order valence-corrected chi connectivity index (χ2v) is 5.78. The van der Waals surface area contributed by atoms with E-state index in [9.17, 15) is 13.6 Å². The van der Waals surface area contributed by atoms with Gasteiger partial charge in [-0.25, -0.2) is 8.78 Å². The van der Waals surface area contributed by atoms with Crippen molar-refractivity contribution in [3.05, 3.63) is 35.4 Å². The van der Waals surface area contributed by atoms with Gasteiger partial charge in [-0.05, 0) is 24.0 Å². The van der Waals surface area contributed by atoms with Gasteiger partial charge in [-0.1, -0.05) is 24.3 Å². The van der Waals surface area contributed by atoms with Gasteiger partial charge in [-0.15, -0.1) is 0 Å². The molecule has 0 spiro atoms. The van der Waals surface area contributed by atoms with E-state index in [1.165, 1.54) is 10.5 Å². The van der Waals surface area contributed by atoms with Gasteiger partial charge in [0.1, 0.15) is 6.04 Å². The molecule has 3 rings (SSSR count). The maximum atomic E-state index is 12.6. The van der Waals surface area contributed by atoms with Crippen molar-refractivity contribution in [1.82, 2.24) is 10.2 Å². The number of ether oxygens (including phenoxy) is 1. The summed E-state index contributed by atoms with van der Waals surface area (Å²) < 4.78 is 30.6. The van der Waals surface area contributed by atoms with Crippen molar-refractivity contribution in [1.29, 1.82) is 0 Å². The molecular weight excluding hydrogens is 290 g/mol. The molecule has 0 saturated carbocycles. The largest absolute Gasteiger partial charge is 0.378 e. The summed E-state index contributed by atoms with van der Waals surface area (Å²) in [6.07, 6.45) is -0.656. The number of rotatable bonds is 4. The van der Waals surface area contributed by atoms with Crippen molar-refractivity contribution in [2.75, 3.05) is 26.3 Å². The predicted molar refractivity (Wildman–Crippen MR) is 77.8 cm³/mol. The second-order valence-electron chi connectivity index (χ2n) is 5.78. The van der Waals surface area contributed by atoms with Crippen LogP contribution >= 0.6 is 0 Å². The number of amides is 1. The zero-order valence-corrected chi connectivity index (χ0v) is 12.3. The minimum absolute atomic E-state index is 0.0287. The normalized spacial score (nSPS) is 25.2. The minimum Gasteiger partial charge on any atom is -0.378 e. The Bertz CT molecular complexity index is 539. The maximum Gasteiger partial charge on any atom is 0.251 e. The number of benzene rings is 1. The van der Waals surface area contributed by atoms with Gasteiger partial charge in [-0.3, -0.25) is 9.69 Å². The number of nitrogens with one attached hydrogen (secondary N) is 1. The van der Waals surface area contributed by atoms with Crippen molar-refractivity contribution >= 4 is 5.91 Å². The average Bonchev–Trinajstić information content (AvgIpc) is 2.90. The quantitative estimate of drug-likeness (QED) is 0.921. The first kappa shape index (κ1) is 15.4. The van der Waals surface area contributed by atoms with Crippen molar-refractivity contribution in [3.63, 3.8) is 0 Å². The zero-order valence-electron chi connectivity index (χ0n) is 12.3. The van der Waals surface area contributed by atoms with E-state index in [0.29, 0.717) is 13.2 Å². The molecule has 1 aliphatic carbocycles. The van der Waals surface area contributed by atoms with Crippen molar-refractivity contribution in [2.24, 2.45) is 0 Å². The van der Waals surface area contributed by atoms with Gasteiger partial charge in [0, 0.05) is 6.54 Å². The lowest BCUT2D eigenvalue weighted by Crippen LogP contribution is -2.55. The summed E-state index contributed by atoms with van der Waals surface area (Å²) in [5.41, 5.74) is 2.38. The first-order valence-electron chi connectivity index (χ1n) is 7.63. The highest BCUT2D eigenvalue weighted by molar-refractivity contribution is 5.82. The van der Waals surface area contributed by atoms with Crippen LogP contribution in [0.3, 0.4) is 0 Å². The van der Waals surface area contributed by atoms with Gasteiger partial charge in [0.05, 0.1) is 25.8 Å². The summed E-state index contributed by atoms with van der Waals surface area (Å²) in [5.74, 6) is -0.220. The highest BCUT2D eigenvalue weighted by Crippen LogP contribution is 2.30. The standard InChI is InChI=1S/C16H20F2N2O2/c17-15(18)9-20-7-8-22-10-14(20)16(21)19-13-6-5-11-3-1-2-4-12(11)13/h1-4,13-15H,5-10H2,(H,19,21)/t13-,14?/m1/s1. The smallest absolute Gasteiger partial charge is 0.251 e. The summed E-state index contributed by atoms with van der Waals surface area (Å²) in [6, 6.07) is 7.36. The van der Waals surface area contributed by atoms with Crippen LogP contribution in [0.25, 0.3) is 0 Å². The Balaban J connectivity index is 1.66. The molecule has 6 heteroatoms. The monoisotopic (exact) mass is 310 g/mol. The molecule has 1 saturated heterocycles. The Hall–Kier alpha value is -1.53. The van der Waals surface area contributed by atoms with Gasteiger partial charge >= 0.3 is 0 Å². The van der Waals surface area contributed by atoms with Crippen LogP contribution in [0.5, 0.6) is 0 Å². The van der Waals surface area contributed by atoms with Gasteiger partial charge in [-0.2, -0.15) is 0 Å². The van der Waals surface area contributed by atoms with Crippen molar-refractivity contribution < 1.29 is 18.3 Å². The van der Waals surface area contributed by atoms with E-state index >= 15 is 0 Å². The summed E-state index contributed by atoms with van der Waals surface area (Å²) in [5, 5.41) is 3.00. The number of hydrogen-bond donors (Lipinski definition) is 1. The van der Waals surface area contributed by atoms with Gasteiger partial charge in [0.15, 0.2) is 0 Å². The Kier molecular flexibility index (Phi) is 4.69. The van der Waals surface area contributed by atoms with E-state index in [1.807, 2.05) is 18.2 Å². The van der Waals surface area contributed by atoms with Crippen molar-refractivity contribution in [2.45, 2.75) is 31.4 Å². The summed E-state index contributed by atoms with van der Waals surface area (Å²) in [4.78, 5) is 14.0. The summed E-state index contributed by atoms with van der Waals surface area (Å²) in [7, 11) is 0. The summed E-state index contributed by atoms with van der Waals surface area (Å²) >= 11 is 0. The fourth-order valence-corrected chi connectivity index (χ4v) is 3.25. The third-order valence-electron chi connectivity index (χ3n) is 4.36. The van der Waals surface area contributed by atoms with E-state index < -0.39 is 12.5 Å². The number of alkyl halides is 2. The number of carbonyl (C=O) groups excluding carboxylic acids is 1. The molecule has 1 aromatic rings. The van der Waals surface area contributed by atoms with Crippen LogP contribution in [0.1, 0.15) is 23.6 Å². The fourth-order valence-electron chi connectivity index (χ4n) is 3.25. The Labute approximate surface area is 128 Å². The highest BCUT2D eigenvalue weighted by atomic mass is 19.3. The molecule has 1 fully saturated rings. The van der Waals surface area contributed by atoms with Crippen molar-refractivity contribution in [3.8, 4) is 0 Å². The number of morpholine rings is 1. The molecule has 1 amide bonds. The number of nitrogens with zero attached hydrogens (tertiary/aromatic N) is 1.